The molecule has 3 nitrogen and oxygen atoms in total. The fraction of sp³-hybridized carbons (Fsp3) is 0.316. The zero-order valence-corrected chi connectivity index (χ0v) is 15.7. The largest absolute Gasteiger partial charge is 0.332 e. The number of halogens is 2. The van der Waals surface area contributed by atoms with Crippen molar-refractivity contribution in [3.8, 4) is 0 Å². The van der Waals surface area contributed by atoms with Crippen molar-refractivity contribution in [1.82, 2.24) is 10.2 Å². The zero-order chi connectivity index (χ0) is 16.9. The number of carbonyl (C=O) groups is 1. The Morgan fingerprint density at radius 1 is 1.24 bits per heavy atom. The highest BCUT2D eigenvalue weighted by Crippen LogP contribution is 2.29. The van der Waals surface area contributed by atoms with E-state index < -0.39 is 0 Å². The Kier molecular flexibility index (Phi) is 7.29. The van der Waals surface area contributed by atoms with Gasteiger partial charge in [-0.05, 0) is 36.8 Å². The van der Waals surface area contributed by atoms with Crippen LogP contribution in [0, 0.1) is 5.82 Å². The second-order valence-electron chi connectivity index (χ2n) is 5.88. The number of rotatable bonds is 4. The van der Waals surface area contributed by atoms with Crippen molar-refractivity contribution in [2.45, 2.75) is 23.1 Å². The molecule has 1 aliphatic heterocycles. The van der Waals surface area contributed by atoms with Gasteiger partial charge in [0.1, 0.15) is 5.82 Å². The smallest absolute Gasteiger partial charge is 0.236 e. The summed E-state index contributed by atoms with van der Waals surface area (Å²) >= 11 is 1.56. The molecule has 0 bridgehead atoms. The van der Waals surface area contributed by atoms with Gasteiger partial charge in [0.05, 0.1) is 11.3 Å². The molecule has 1 aliphatic rings. The van der Waals surface area contributed by atoms with Gasteiger partial charge in [-0.2, -0.15) is 0 Å². The molecule has 134 valence electrons. The highest BCUT2D eigenvalue weighted by atomic mass is 35.5. The number of piperazine rings is 1. The molecule has 25 heavy (non-hydrogen) atoms. The molecule has 1 N–H and O–H groups in total. The number of amides is 1. The Balaban J connectivity index is 0.00000225. The molecule has 0 spiro atoms. The summed E-state index contributed by atoms with van der Waals surface area (Å²) in [5, 5.41) is 3.12. The highest BCUT2D eigenvalue weighted by molar-refractivity contribution is 8.00. The second kappa shape index (κ2) is 9.22. The molecule has 2 atom stereocenters. The molecule has 0 radical (unpaired) electrons. The molecule has 0 aromatic heterocycles. The molecule has 6 heteroatoms. The van der Waals surface area contributed by atoms with Gasteiger partial charge in [-0.25, -0.2) is 4.39 Å². The van der Waals surface area contributed by atoms with Gasteiger partial charge in [-0.1, -0.05) is 30.3 Å². The Bertz CT molecular complexity index is 701. The SMILES string of the molecule is CC(Sc1ccccc1)C(=O)N1CCNCC1c1cccc(F)c1.Cl. The van der Waals surface area contributed by atoms with Crippen molar-refractivity contribution in [3.63, 3.8) is 0 Å². The molecule has 1 fully saturated rings. The van der Waals surface area contributed by atoms with Crippen molar-refractivity contribution in [2.24, 2.45) is 0 Å². The van der Waals surface area contributed by atoms with Crippen LogP contribution in [0.1, 0.15) is 18.5 Å². The first-order valence-electron chi connectivity index (χ1n) is 8.13. The van der Waals surface area contributed by atoms with Crippen LogP contribution >= 0.6 is 24.2 Å². The van der Waals surface area contributed by atoms with E-state index in [1.165, 1.54) is 12.1 Å². The van der Waals surface area contributed by atoms with E-state index in [1.807, 2.05) is 48.2 Å². The van der Waals surface area contributed by atoms with E-state index in [1.54, 1.807) is 17.8 Å². The summed E-state index contributed by atoms with van der Waals surface area (Å²) in [5.74, 6) is -0.170. The maximum absolute atomic E-state index is 13.6. The summed E-state index contributed by atoms with van der Waals surface area (Å²) in [7, 11) is 0. The molecule has 1 amide bonds. The lowest BCUT2D eigenvalue weighted by Crippen LogP contribution is -2.50. The van der Waals surface area contributed by atoms with Gasteiger partial charge in [-0.3, -0.25) is 4.79 Å². The molecule has 2 unspecified atom stereocenters. The molecule has 1 saturated heterocycles. The van der Waals surface area contributed by atoms with E-state index in [9.17, 15) is 9.18 Å². The first-order valence-corrected chi connectivity index (χ1v) is 9.01. The Labute approximate surface area is 158 Å². The van der Waals surface area contributed by atoms with Crippen LogP contribution in [0.4, 0.5) is 4.39 Å². The average Bonchev–Trinajstić information content (AvgIpc) is 2.62. The number of benzene rings is 2. The maximum atomic E-state index is 13.6. The average molecular weight is 381 g/mol. The van der Waals surface area contributed by atoms with Crippen LogP contribution < -0.4 is 5.32 Å². The highest BCUT2D eigenvalue weighted by Gasteiger charge is 2.31. The van der Waals surface area contributed by atoms with E-state index in [-0.39, 0.29) is 35.4 Å². The second-order valence-corrected chi connectivity index (χ2v) is 7.29. The number of hydrogen-bond donors (Lipinski definition) is 1. The normalized spacial score (nSPS) is 18.3. The molecule has 3 rings (SSSR count). The summed E-state index contributed by atoms with van der Waals surface area (Å²) in [6, 6.07) is 16.3. The quantitative estimate of drug-likeness (QED) is 0.816. The predicted molar refractivity (Wildman–Crippen MR) is 103 cm³/mol. The summed E-state index contributed by atoms with van der Waals surface area (Å²) < 4.78 is 13.6. The molecule has 2 aromatic rings. The summed E-state index contributed by atoms with van der Waals surface area (Å²) in [6.07, 6.45) is 0. The lowest BCUT2D eigenvalue weighted by Gasteiger charge is -2.38. The number of nitrogens with one attached hydrogen (secondary N) is 1. The molecule has 2 aromatic carbocycles. The zero-order valence-electron chi connectivity index (χ0n) is 14.0. The first-order chi connectivity index (χ1) is 11.6. The van der Waals surface area contributed by atoms with Crippen LogP contribution in [0.25, 0.3) is 0 Å². The fourth-order valence-electron chi connectivity index (χ4n) is 2.97. The summed E-state index contributed by atoms with van der Waals surface area (Å²) in [6.45, 7) is 3.99. The first kappa shape index (κ1) is 19.8. The van der Waals surface area contributed by atoms with E-state index in [4.69, 9.17) is 0 Å². The third kappa shape index (κ3) is 4.97. The Morgan fingerprint density at radius 2 is 2.00 bits per heavy atom. The minimum Gasteiger partial charge on any atom is -0.332 e. The van der Waals surface area contributed by atoms with Crippen LogP contribution in [0.15, 0.2) is 59.5 Å². The van der Waals surface area contributed by atoms with Gasteiger partial charge >= 0.3 is 0 Å². The van der Waals surface area contributed by atoms with Gasteiger partial charge in [-0.15, -0.1) is 24.2 Å². The third-order valence-corrected chi connectivity index (χ3v) is 5.26. The van der Waals surface area contributed by atoms with Crippen LogP contribution in [0.2, 0.25) is 0 Å². The number of hydrogen-bond acceptors (Lipinski definition) is 3. The monoisotopic (exact) mass is 380 g/mol. The number of carbonyl (C=O) groups excluding carboxylic acids is 1. The van der Waals surface area contributed by atoms with E-state index in [0.29, 0.717) is 13.1 Å². The molecule has 1 heterocycles. The Morgan fingerprint density at radius 3 is 2.72 bits per heavy atom. The summed E-state index contributed by atoms with van der Waals surface area (Å²) in [5.41, 5.74) is 0.840. The van der Waals surface area contributed by atoms with Gasteiger partial charge in [0.25, 0.3) is 0 Å². The van der Waals surface area contributed by atoms with Crippen molar-refractivity contribution >= 4 is 30.1 Å². The van der Waals surface area contributed by atoms with E-state index in [0.717, 1.165) is 17.0 Å². The van der Waals surface area contributed by atoms with Gasteiger partial charge in [0.2, 0.25) is 5.91 Å². The van der Waals surface area contributed by atoms with Crippen LogP contribution in [0.3, 0.4) is 0 Å². The van der Waals surface area contributed by atoms with Crippen LogP contribution in [0.5, 0.6) is 0 Å². The minimum absolute atomic E-state index is 0. The van der Waals surface area contributed by atoms with Gasteiger partial charge < -0.3 is 10.2 Å². The number of thioether (sulfide) groups is 1. The van der Waals surface area contributed by atoms with Crippen LogP contribution in [-0.4, -0.2) is 35.7 Å². The maximum Gasteiger partial charge on any atom is 0.236 e. The predicted octanol–water partition coefficient (Wildman–Crippen LogP) is 3.90. The van der Waals surface area contributed by atoms with Crippen molar-refractivity contribution in [1.29, 1.82) is 0 Å². The number of nitrogens with zero attached hydrogens (tertiary/aromatic N) is 1. The third-order valence-electron chi connectivity index (χ3n) is 4.16. The van der Waals surface area contributed by atoms with Crippen molar-refractivity contribution in [3.05, 3.63) is 66.0 Å². The van der Waals surface area contributed by atoms with E-state index in [2.05, 4.69) is 5.32 Å². The lowest BCUT2D eigenvalue weighted by molar-refractivity contribution is -0.133. The topological polar surface area (TPSA) is 32.3 Å². The molecular formula is C19H22ClFN2OS. The van der Waals surface area contributed by atoms with Crippen molar-refractivity contribution in [2.75, 3.05) is 19.6 Å². The Hall–Kier alpha value is -1.56. The molecule has 0 aliphatic carbocycles. The standard InChI is InChI=1S/C19H21FN2OS.ClH/c1-14(24-17-8-3-2-4-9-17)19(23)22-11-10-21-13-18(22)15-6-5-7-16(20)12-15;/h2-9,12,14,18,21H,10-11,13H2,1H3;1H. The fourth-order valence-corrected chi connectivity index (χ4v) is 3.93. The summed E-state index contributed by atoms with van der Waals surface area (Å²) in [4.78, 5) is 15.9. The lowest BCUT2D eigenvalue weighted by atomic mass is 10.0. The minimum atomic E-state index is -0.266. The van der Waals surface area contributed by atoms with Crippen molar-refractivity contribution < 1.29 is 9.18 Å². The van der Waals surface area contributed by atoms with Gasteiger partial charge in [0.15, 0.2) is 0 Å². The van der Waals surface area contributed by atoms with Gasteiger partial charge in [0, 0.05) is 24.5 Å². The van der Waals surface area contributed by atoms with E-state index >= 15 is 0 Å². The van der Waals surface area contributed by atoms with Crippen LogP contribution in [-0.2, 0) is 4.79 Å². The molecule has 0 saturated carbocycles. The molecular weight excluding hydrogens is 359 g/mol.